The van der Waals surface area contributed by atoms with Gasteiger partial charge in [-0.3, -0.25) is 9.97 Å². The number of aromatic nitrogens is 10. The van der Waals surface area contributed by atoms with Gasteiger partial charge >= 0.3 is 0 Å². The Labute approximate surface area is 700 Å². The highest BCUT2D eigenvalue weighted by atomic mass is 14.9. The molecule has 10 nitrogen and oxygen atoms in total. The van der Waals surface area contributed by atoms with E-state index >= 15 is 0 Å². The molecule has 0 bridgehead atoms. The molecule has 16 aromatic rings. The second-order valence-electron chi connectivity index (χ2n) is 35.1. The third-order valence-electron chi connectivity index (χ3n) is 24.2. The zero-order valence-corrected chi connectivity index (χ0v) is 73.6. The molecule has 0 spiro atoms. The van der Waals surface area contributed by atoms with Crippen molar-refractivity contribution in [2.45, 2.75) is 169 Å². The molecule has 1 saturated carbocycles. The van der Waals surface area contributed by atoms with E-state index in [1.807, 2.05) is 37.9 Å². The number of pyridine rings is 6. The van der Waals surface area contributed by atoms with Crippen molar-refractivity contribution in [2.24, 2.45) is 33.6 Å². The average Bonchev–Trinajstić information content (AvgIpc) is 1.02. The maximum absolute atomic E-state index is 4.86. The first kappa shape index (κ1) is 82.4. The predicted octanol–water partition coefficient (Wildman–Crippen LogP) is 24.7. The Balaban J connectivity index is 0.000000129. The summed E-state index contributed by atoms with van der Waals surface area (Å²) < 4.78 is 8.99. The number of hydrogen-bond acceptors (Lipinski definition) is 6. The molecule has 0 amide bonds. The molecule has 0 saturated heterocycles. The third-order valence-corrected chi connectivity index (χ3v) is 24.2. The van der Waals surface area contributed by atoms with Crippen LogP contribution in [0, 0.1) is 95.4 Å². The first-order valence-corrected chi connectivity index (χ1v) is 42.0. The highest BCUT2D eigenvalue weighted by Gasteiger charge is 2.25. The van der Waals surface area contributed by atoms with Gasteiger partial charge in [0, 0.05) is 129 Å². The van der Waals surface area contributed by atoms with Gasteiger partial charge in [-0.25, -0.2) is 38.2 Å². The Kier molecular flexibility index (Phi) is 24.1. The van der Waals surface area contributed by atoms with Crippen LogP contribution in [-0.2, 0) is 34.6 Å². The lowest BCUT2D eigenvalue weighted by Gasteiger charge is -2.17. The van der Waals surface area contributed by atoms with Gasteiger partial charge < -0.3 is 0 Å². The van der Waals surface area contributed by atoms with Crippen molar-refractivity contribution in [3.05, 3.63) is 322 Å². The largest absolute Gasteiger partial charge is 0.261 e. The minimum absolute atomic E-state index is 0.240. The average molecular weight is 1550 g/mol. The van der Waals surface area contributed by atoms with Crippen LogP contribution in [-0.4, -0.2) is 29.9 Å². The Morgan fingerprint density at radius 2 is 0.636 bits per heavy atom. The first-order valence-electron chi connectivity index (χ1n) is 42.0. The van der Waals surface area contributed by atoms with E-state index in [1.165, 1.54) is 209 Å². The van der Waals surface area contributed by atoms with E-state index in [4.69, 9.17) is 9.97 Å². The summed E-state index contributed by atoms with van der Waals surface area (Å²) in [6.07, 6.45) is 27.0. The highest BCUT2D eigenvalue weighted by molar-refractivity contribution is 6.00. The lowest BCUT2D eigenvalue weighted by Crippen LogP contribution is -2.30. The van der Waals surface area contributed by atoms with E-state index in [-0.39, 0.29) is 5.41 Å². The van der Waals surface area contributed by atoms with Crippen LogP contribution in [0.2, 0.25) is 0 Å². The van der Waals surface area contributed by atoms with Crippen molar-refractivity contribution in [2.75, 3.05) is 0 Å². The summed E-state index contributed by atoms with van der Waals surface area (Å²) in [5, 5.41) is 9.90. The molecular formula is C108H116N10+4. The maximum Gasteiger partial charge on any atom is 0.213 e. The summed E-state index contributed by atoms with van der Waals surface area (Å²) in [5.74, 6) is 2.66. The zero-order chi connectivity index (χ0) is 83.7. The van der Waals surface area contributed by atoms with E-state index in [1.54, 1.807) is 0 Å². The summed E-state index contributed by atoms with van der Waals surface area (Å²) >= 11 is 0. The number of nitrogens with zero attached hydrogens (tertiary/aromatic N) is 10. The van der Waals surface area contributed by atoms with Crippen LogP contribution in [0.3, 0.4) is 0 Å². The second kappa shape index (κ2) is 34.6. The van der Waals surface area contributed by atoms with E-state index in [0.29, 0.717) is 11.8 Å². The molecule has 118 heavy (non-hydrogen) atoms. The fraction of sp³-hybridized carbons (Fsp3) is 0.278. The van der Waals surface area contributed by atoms with Crippen molar-refractivity contribution >= 4 is 43.1 Å². The number of hydrogen-bond donors (Lipinski definition) is 0. The van der Waals surface area contributed by atoms with Gasteiger partial charge in [0.25, 0.3) is 0 Å². The molecule has 1 fully saturated rings. The summed E-state index contributed by atoms with van der Waals surface area (Å²) in [4.78, 5) is 27.5. The highest BCUT2D eigenvalue weighted by Crippen LogP contribution is 2.39. The van der Waals surface area contributed by atoms with Crippen LogP contribution in [0.4, 0.5) is 0 Å². The van der Waals surface area contributed by atoms with Gasteiger partial charge in [-0.15, -0.1) is 0 Å². The molecule has 8 heterocycles. The number of benzene rings is 8. The van der Waals surface area contributed by atoms with Gasteiger partial charge in [-0.05, 0) is 239 Å². The smallest absolute Gasteiger partial charge is 0.213 e. The van der Waals surface area contributed by atoms with E-state index in [0.717, 1.165) is 46.0 Å². The molecule has 17 rings (SSSR count). The summed E-state index contributed by atoms with van der Waals surface area (Å²) in [6, 6.07) is 62.4. The fourth-order valence-electron chi connectivity index (χ4n) is 17.3. The monoisotopic (exact) mass is 1550 g/mol. The Hall–Kier alpha value is -12.1. The molecule has 594 valence electrons. The predicted molar refractivity (Wildman–Crippen MR) is 491 cm³/mol. The Bertz CT molecular complexity index is 6460. The van der Waals surface area contributed by atoms with Gasteiger partial charge in [0.15, 0.2) is 24.8 Å². The molecule has 0 unspecified atom stereocenters. The Morgan fingerprint density at radius 1 is 0.331 bits per heavy atom. The number of fused-ring (bicyclic) bond motifs is 4. The fourth-order valence-corrected chi connectivity index (χ4v) is 17.3. The van der Waals surface area contributed by atoms with Crippen LogP contribution in [0.15, 0.2) is 232 Å². The SMILES string of the molecule is Cc1cc(C)c(C)c(-c2cc3cccc(-c4ccc(C5CCCC5)nc4)c3c[n+]2C)c1.Cc1cc(C)c(C)c(-c2cc3cccc(-c4ccc(CC(C)(C)C)nc4)c3c[n+]2C)c1.Cc1cc(C)c(C)c(-c2cc3cccc(-c4cnc(C(C)C)nc4)c3c[n+]2C)c1.Cc1cc(C)c(C)c(-c2cc3cccc(-c4cnc(C)nc4)c3c[n+]2C)c1. The van der Waals surface area contributed by atoms with Crippen molar-refractivity contribution in [3.8, 4) is 89.5 Å². The van der Waals surface area contributed by atoms with Crippen molar-refractivity contribution in [1.82, 2.24) is 29.9 Å². The van der Waals surface area contributed by atoms with Crippen LogP contribution in [0.5, 0.6) is 0 Å². The lowest BCUT2D eigenvalue weighted by molar-refractivity contribution is -0.659. The van der Waals surface area contributed by atoms with Crippen molar-refractivity contribution in [3.63, 3.8) is 0 Å². The zero-order valence-electron chi connectivity index (χ0n) is 73.6. The van der Waals surface area contributed by atoms with Crippen molar-refractivity contribution < 1.29 is 18.3 Å². The standard InChI is InChI=1S/C29H31N2.C29H33N2.C26H28N3.C24H24N3/c1-19-14-20(2)21(3)26(15-19)29-16-23-10-7-11-25(27(23)18-31(29)4)24-12-13-28(30-17-24)22-8-5-6-9-22;1-19-13-20(2)21(3)26(14-19)28-15-22-9-8-10-25(27(22)18-31(28)7)23-11-12-24(30-17-23)16-29(4,5)6;1-16(2)26-27-13-21(14-28-26)22-9-7-8-20-12-25(29(6)15-24(20)22)23-11-17(3)10-18(4)19(23)5;1-15-9-16(2)17(3)22(10-15)24-11-19-7-6-8-21(23(19)14-27(24)5)20-12-25-18(4)26-13-20/h7,10-18,22H,5-6,8-9H2,1-4H3;8-15,17-18H,16H2,1-7H3;7-16H,1-6H3;6-14H,1-5H3/q4*+1. The minimum atomic E-state index is 0.240. The summed E-state index contributed by atoms with van der Waals surface area (Å²) in [7, 11) is 8.55. The minimum Gasteiger partial charge on any atom is -0.261 e. The molecular weight excluding hydrogens is 1440 g/mol. The van der Waals surface area contributed by atoms with Crippen LogP contribution < -0.4 is 18.3 Å². The molecule has 0 atom stereocenters. The van der Waals surface area contributed by atoms with Gasteiger partial charge in [0.1, 0.15) is 39.8 Å². The molecule has 1 aliphatic carbocycles. The first-order chi connectivity index (χ1) is 56.4. The molecule has 1 aliphatic rings. The third kappa shape index (κ3) is 17.9. The van der Waals surface area contributed by atoms with Gasteiger partial charge in [-0.2, -0.15) is 0 Å². The number of rotatable bonds is 11. The molecule has 8 aromatic heterocycles. The van der Waals surface area contributed by atoms with Crippen LogP contribution in [0.1, 0.15) is 162 Å². The van der Waals surface area contributed by atoms with E-state index in [9.17, 15) is 0 Å². The molecule has 0 aliphatic heterocycles. The molecule has 0 radical (unpaired) electrons. The summed E-state index contributed by atoms with van der Waals surface area (Å²) in [6.45, 7) is 39.2. The second-order valence-corrected chi connectivity index (χ2v) is 35.1. The number of aryl methyl sites for hydroxylation is 13. The van der Waals surface area contributed by atoms with E-state index < -0.39 is 0 Å². The Morgan fingerprint density at radius 3 is 0.932 bits per heavy atom. The normalized spacial score (nSPS) is 12.3. The topological polar surface area (TPSA) is 92.9 Å². The van der Waals surface area contributed by atoms with Gasteiger partial charge in [0.05, 0.1) is 21.5 Å². The lowest BCUT2D eigenvalue weighted by atomic mass is 9.90. The summed E-state index contributed by atoms with van der Waals surface area (Å²) in [5.41, 5.74) is 38.0. The van der Waals surface area contributed by atoms with Crippen LogP contribution in [0.25, 0.3) is 133 Å². The molecule has 8 aromatic carbocycles. The van der Waals surface area contributed by atoms with Gasteiger partial charge in [0.2, 0.25) is 22.8 Å². The quantitative estimate of drug-likeness (QED) is 0.120. The molecule has 0 N–H and O–H groups in total. The maximum atomic E-state index is 4.86. The van der Waals surface area contributed by atoms with Crippen molar-refractivity contribution in [1.29, 1.82) is 0 Å². The molecule has 10 heteroatoms. The van der Waals surface area contributed by atoms with E-state index in [2.05, 4.69) is 385 Å². The van der Waals surface area contributed by atoms with Crippen LogP contribution >= 0.6 is 0 Å². The van der Waals surface area contributed by atoms with Gasteiger partial charge in [-0.1, -0.05) is 179 Å².